The number of amides is 1. The van der Waals surface area contributed by atoms with Crippen molar-refractivity contribution >= 4 is 23.6 Å². The molecule has 0 bridgehead atoms. The van der Waals surface area contributed by atoms with Crippen LogP contribution in [0.15, 0.2) is 0 Å². The fourth-order valence-electron chi connectivity index (χ4n) is 0.795. The minimum atomic E-state index is -1.00. The molecule has 0 atom stereocenters. The average molecular weight is 205 g/mol. The summed E-state index contributed by atoms with van der Waals surface area (Å²) in [5.41, 5.74) is 0. The largest absolute Gasteiger partial charge is 0.480 e. The zero-order valence-electron chi connectivity index (χ0n) is 7.71. The number of carbonyl (C=O) groups is 2. The van der Waals surface area contributed by atoms with Crippen LogP contribution >= 0.6 is 11.8 Å². The molecule has 4 nitrogen and oxygen atoms in total. The maximum Gasteiger partial charge on any atom is 0.322 e. The summed E-state index contributed by atoms with van der Waals surface area (Å²) < 4.78 is 0. The van der Waals surface area contributed by atoms with Crippen LogP contribution in [-0.2, 0) is 9.59 Å². The molecular weight excluding hydrogens is 190 g/mol. The molecule has 2 N–H and O–H groups in total. The van der Waals surface area contributed by atoms with Crippen LogP contribution in [0.5, 0.6) is 0 Å². The first kappa shape index (κ1) is 12.3. The van der Waals surface area contributed by atoms with Crippen LogP contribution in [0.1, 0.15) is 19.3 Å². The molecule has 0 aliphatic carbocycles. The molecule has 76 valence electrons. The van der Waals surface area contributed by atoms with E-state index in [1.807, 2.05) is 6.26 Å². The molecule has 0 saturated heterocycles. The van der Waals surface area contributed by atoms with E-state index < -0.39 is 5.97 Å². The molecule has 0 aliphatic rings. The number of rotatable bonds is 7. The van der Waals surface area contributed by atoms with E-state index in [2.05, 4.69) is 5.32 Å². The topological polar surface area (TPSA) is 66.4 Å². The Bertz CT molecular complexity index is 173. The van der Waals surface area contributed by atoms with Crippen molar-refractivity contribution in [3.63, 3.8) is 0 Å². The van der Waals surface area contributed by atoms with Crippen molar-refractivity contribution in [2.24, 2.45) is 0 Å². The Hall–Kier alpha value is -0.710. The van der Waals surface area contributed by atoms with Crippen molar-refractivity contribution in [1.29, 1.82) is 0 Å². The highest BCUT2D eigenvalue weighted by molar-refractivity contribution is 7.98. The number of thioether (sulfide) groups is 1. The molecule has 0 rings (SSSR count). The lowest BCUT2D eigenvalue weighted by Crippen LogP contribution is -2.28. The second kappa shape index (κ2) is 7.91. The fraction of sp³-hybridized carbons (Fsp3) is 0.750. The van der Waals surface area contributed by atoms with Crippen LogP contribution in [-0.4, -0.2) is 35.5 Å². The first-order valence-corrected chi connectivity index (χ1v) is 5.53. The highest BCUT2D eigenvalue weighted by Crippen LogP contribution is 2.01. The van der Waals surface area contributed by atoms with Crippen molar-refractivity contribution in [2.75, 3.05) is 18.6 Å². The SMILES string of the molecule is CSCCCCC(=O)NCC(=O)O. The molecule has 13 heavy (non-hydrogen) atoms. The molecule has 0 radical (unpaired) electrons. The third-order valence-corrected chi connectivity index (χ3v) is 2.14. The molecule has 0 spiro atoms. The Kier molecular flexibility index (Phi) is 7.48. The first-order chi connectivity index (χ1) is 6.16. The summed E-state index contributed by atoms with van der Waals surface area (Å²) in [6.07, 6.45) is 4.27. The van der Waals surface area contributed by atoms with Crippen molar-refractivity contribution in [3.8, 4) is 0 Å². The van der Waals surface area contributed by atoms with Crippen LogP contribution in [0.4, 0.5) is 0 Å². The minimum absolute atomic E-state index is 0.177. The monoisotopic (exact) mass is 205 g/mol. The van der Waals surface area contributed by atoms with E-state index in [4.69, 9.17) is 5.11 Å². The van der Waals surface area contributed by atoms with Gasteiger partial charge in [-0.1, -0.05) is 0 Å². The first-order valence-electron chi connectivity index (χ1n) is 4.14. The summed E-state index contributed by atoms with van der Waals surface area (Å²) in [7, 11) is 0. The van der Waals surface area contributed by atoms with Crippen LogP contribution < -0.4 is 5.32 Å². The number of hydrogen-bond donors (Lipinski definition) is 2. The lowest BCUT2D eigenvalue weighted by atomic mass is 10.2. The number of aliphatic carboxylic acids is 1. The van der Waals surface area contributed by atoms with E-state index in [1.54, 1.807) is 11.8 Å². The number of nitrogens with one attached hydrogen (secondary N) is 1. The van der Waals surface area contributed by atoms with Gasteiger partial charge in [-0.25, -0.2) is 0 Å². The molecule has 1 amide bonds. The van der Waals surface area contributed by atoms with Gasteiger partial charge in [0.25, 0.3) is 0 Å². The second-order valence-corrected chi connectivity index (χ2v) is 3.61. The third-order valence-electron chi connectivity index (χ3n) is 1.44. The molecule has 0 aromatic rings. The van der Waals surface area contributed by atoms with Gasteiger partial charge in [0.15, 0.2) is 0 Å². The maximum absolute atomic E-state index is 10.9. The molecule has 5 heteroatoms. The predicted octanol–water partition coefficient (Wildman–Crippen LogP) is 0.721. The zero-order chi connectivity index (χ0) is 10.1. The predicted molar refractivity (Wildman–Crippen MR) is 52.9 cm³/mol. The summed E-state index contributed by atoms with van der Waals surface area (Å²) in [4.78, 5) is 21.0. The maximum atomic E-state index is 10.9. The number of carboxylic acids is 1. The summed E-state index contributed by atoms with van der Waals surface area (Å²) in [6, 6.07) is 0. The van der Waals surface area contributed by atoms with E-state index >= 15 is 0 Å². The van der Waals surface area contributed by atoms with E-state index in [0.717, 1.165) is 18.6 Å². The molecule has 0 unspecified atom stereocenters. The van der Waals surface area contributed by atoms with Crippen molar-refractivity contribution in [1.82, 2.24) is 5.32 Å². The van der Waals surface area contributed by atoms with Crippen molar-refractivity contribution in [3.05, 3.63) is 0 Å². The van der Waals surface area contributed by atoms with Gasteiger partial charge < -0.3 is 10.4 Å². The Labute approximate surface area is 82.1 Å². The standard InChI is InChI=1S/C8H15NO3S/c1-13-5-3-2-4-7(10)9-6-8(11)12/h2-6H2,1H3,(H,9,10)(H,11,12). The number of hydrogen-bond acceptors (Lipinski definition) is 3. The number of unbranched alkanes of at least 4 members (excludes halogenated alkanes) is 1. The average Bonchev–Trinajstić information content (AvgIpc) is 2.09. The van der Waals surface area contributed by atoms with Gasteiger partial charge >= 0.3 is 5.97 Å². The fourth-order valence-corrected chi connectivity index (χ4v) is 1.29. The van der Waals surface area contributed by atoms with E-state index in [9.17, 15) is 9.59 Å². The second-order valence-electron chi connectivity index (χ2n) is 2.62. The molecule has 0 fully saturated rings. The lowest BCUT2D eigenvalue weighted by Gasteiger charge is -2.01. The number of carboxylic acid groups (broad SMARTS) is 1. The van der Waals surface area contributed by atoms with Gasteiger partial charge in [-0.3, -0.25) is 9.59 Å². The van der Waals surface area contributed by atoms with Gasteiger partial charge in [0.2, 0.25) is 5.91 Å². The van der Waals surface area contributed by atoms with Crippen molar-refractivity contribution < 1.29 is 14.7 Å². The molecular formula is C8H15NO3S. The van der Waals surface area contributed by atoms with Gasteiger partial charge in [0.05, 0.1) is 0 Å². The highest BCUT2D eigenvalue weighted by Gasteiger charge is 2.02. The van der Waals surface area contributed by atoms with Gasteiger partial charge in [-0.05, 0) is 24.9 Å². The normalized spacial score (nSPS) is 9.62. The van der Waals surface area contributed by atoms with Gasteiger partial charge in [-0.2, -0.15) is 11.8 Å². The molecule has 0 aromatic carbocycles. The summed E-state index contributed by atoms with van der Waals surface area (Å²) in [5.74, 6) is -0.132. The van der Waals surface area contributed by atoms with Gasteiger partial charge in [-0.15, -0.1) is 0 Å². The molecule has 0 aromatic heterocycles. The summed E-state index contributed by atoms with van der Waals surface area (Å²) in [5, 5.41) is 10.6. The Balaban J connectivity index is 3.25. The van der Waals surface area contributed by atoms with E-state index in [1.165, 1.54) is 0 Å². The molecule has 0 saturated carbocycles. The van der Waals surface area contributed by atoms with E-state index in [0.29, 0.717) is 6.42 Å². The van der Waals surface area contributed by atoms with Crippen LogP contribution in [0.3, 0.4) is 0 Å². The smallest absolute Gasteiger partial charge is 0.322 e. The lowest BCUT2D eigenvalue weighted by molar-refractivity contribution is -0.137. The van der Waals surface area contributed by atoms with Gasteiger partial charge in [0.1, 0.15) is 6.54 Å². The third kappa shape index (κ3) is 9.20. The van der Waals surface area contributed by atoms with E-state index in [-0.39, 0.29) is 12.5 Å². The van der Waals surface area contributed by atoms with Crippen LogP contribution in [0.25, 0.3) is 0 Å². The Morgan fingerprint density at radius 1 is 1.38 bits per heavy atom. The summed E-state index contributed by atoms with van der Waals surface area (Å²) >= 11 is 1.75. The molecule has 0 aliphatic heterocycles. The van der Waals surface area contributed by atoms with Crippen molar-refractivity contribution in [2.45, 2.75) is 19.3 Å². The zero-order valence-corrected chi connectivity index (χ0v) is 8.52. The highest BCUT2D eigenvalue weighted by atomic mass is 32.2. The van der Waals surface area contributed by atoms with Crippen LogP contribution in [0, 0.1) is 0 Å². The van der Waals surface area contributed by atoms with Crippen LogP contribution in [0.2, 0.25) is 0 Å². The minimum Gasteiger partial charge on any atom is -0.480 e. The quantitative estimate of drug-likeness (QED) is 0.601. The Morgan fingerprint density at radius 3 is 2.62 bits per heavy atom. The summed E-state index contributed by atoms with van der Waals surface area (Å²) in [6.45, 7) is -0.276. The van der Waals surface area contributed by atoms with Gasteiger partial charge in [0, 0.05) is 6.42 Å². The Morgan fingerprint density at radius 2 is 2.08 bits per heavy atom. The molecule has 0 heterocycles. The number of carbonyl (C=O) groups excluding carboxylic acids is 1.